The number of benzene rings is 2. The molecule has 0 aliphatic heterocycles. The fraction of sp³-hybridized carbons (Fsp3) is 0.278. The number of halogens is 2. The van der Waals surface area contributed by atoms with E-state index in [0.717, 1.165) is 0 Å². The van der Waals surface area contributed by atoms with E-state index in [4.69, 9.17) is 9.47 Å². The van der Waals surface area contributed by atoms with Crippen LogP contribution < -0.4 is 14.8 Å². The molecule has 1 amide bonds. The van der Waals surface area contributed by atoms with E-state index < -0.39 is 5.82 Å². The highest BCUT2D eigenvalue weighted by Crippen LogP contribution is 2.17. The van der Waals surface area contributed by atoms with Gasteiger partial charge in [-0.25, -0.2) is 8.78 Å². The van der Waals surface area contributed by atoms with Crippen molar-refractivity contribution >= 4 is 5.91 Å². The van der Waals surface area contributed by atoms with E-state index in [0.29, 0.717) is 30.8 Å². The summed E-state index contributed by atoms with van der Waals surface area (Å²) in [7, 11) is 1.40. The van der Waals surface area contributed by atoms with Crippen molar-refractivity contribution in [3.63, 3.8) is 0 Å². The van der Waals surface area contributed by atoms with Crippen LogP contribution >= 0.6 is 0 Å². The molecular formula is C18H19F2NO3. The summed E-state index contributed by atoms with van der Waals surface area (Å²) in [6.45, 7) is 0.606. The Morgan fingerprint density at radius 3 is 2.54 bits per heavy atom. The Labute approximate surface area is 139 Å². The smallest absolute Gasteiger partial charge is 0.220 e. The van der Waals surface area contributed by atoms with Crippen LogP contribution in [0.25, 0.3) is 0 Å². The van der Waals surface area contributed by atoms with Gasteiger partial charge in [0.2, 0.25) is 5.91 Å². The zero-order valence-corrected chi connectivity index (χ0v) is 13.4. The molecule has 0 aliphatic rings. The zero-order valence-electron chi connectivity index (χ0n) is 13.4. The lowest BCUT2D eigenvalue weighted by Crippen LogP contribution is -2.23. The number of nitrogens with one attached hydrogen (secondary N) is 1. The molecule has 2 aromatic rings. The molecule has 0 heterocycles. The summed E-state index contributed by atoms with van der Waals surface area (Å²) in [5.74, 6) is -0.198. The molecule has 0 fully saturated rings. The molecule has 0 unspecified atom stereocenters. The van der Waals surface area contributed by atoms with Crippen LogP contribution in [0.4, 0.5) is 8.78 Å². The Bertz CT molecular complexity index is 674. The van der Waals surface area contributed by atoms with Crippen molar-refractivity contribution in [1.29, 1.82) is 0 Å². The molecule has 0 atom stereocenters. The highest BCUT2D eigenvalue weighted by molar-refractivity contribution is 5.75. The Morgan fingerprint density at radius 1 is 1.12 bits per heavy atom. The maximum absolute atomic E-state index is 13.5. The van der Waals surface area contributed by atoms with Gasteiger partial charge in [-0.05, 0) is 48.4 Å². The second-order valence-corrected chi connectivity index (χ2v) is 5.15. The fourth-order valence-corrected chi connectivity index (χ4v) is 2.06. The van der Waals surface area contributed by atoms with Crippen molar-refractivity contribution < 1.29 is 23.0 Å². The largest absolute Gasteiger partial charge is 0.494 e. The molecule has 2 rings (SSSR count). The Balaban J connectivity index is 1.66. The lowest BCUT2D eigenvalue weighted by atomic mass is 10.2. The topological polar surface area (TPSA) is 47.6 Å². The average molecular weight is 335 g/mol. The van der Waals surface area contributed by atoms with Gasteiger partial charge in [-0.15, -0.1) is 0 Å². The number of hydrogen-bond donors (Lipinski definition) is 1. The van der Waals surface area contributed by atoms with Crippen molar-refractivity contribution in [3.05, 3.63) is 59.7 Å². The number of carbonyl (C=O) groups excluding carboxylic acids is 1. The normalized spacial score (nSPS) is 10.3. The third-order valence-corrected chi connectivity index (χ3v) is 3.34. The van der Waals surface area contributed by atoms with Crippen molar-refractivity contribution in [2.75, 3.05) is 13.7 Å². The first-order valence-electron chi connectivity index (χ1n) is 7.56. The van der Waals surface area contributed by atoms with Crippen molar-refractivity contribution in [2.24, 2.45) is 0 Å². The molecule has 0 saturated heterocycles. The summed E-state index contributed by atoms with van der Waals surface area (Å²) in [6.07, 6.45) is 0.819. The molecule has 6 heteroatoms. The lowest BCUT2D eigenvalue weighted by Gasteiger charge is -2.08. The maximum Gasteiger partial charge on any atom is 0.220 e. The number of carbonyl (C=O) groups is 1. The summed E-state index contributed by atoms with van der Waals surface area (Å²) >= 11 is 0. The molecule has 0 aromatic heterocycles. The van der Waals surface area contributed by atoms with Gasteiger partial charge in [0.15, 0.2) is 11.6 Å². The molecule has 0 spiro atoms. The Kier molecular flexibility index (Phi) is 6.54. The second-order valence-electron chi connectivity index (χ2n) is 5.15. The number of ether oxygens (including phenoxy) is 2. The Morgan fingerprint density at radius 2 is 1.88 bits per heavy atom. The maximum atomic E-state index is 13.5. The minimum Gasteiger partial charge on any atom is -0.494 e. The monoisotopic (exact) mass is 335 g/mol. The lowest BCUT2D eigenvalue weighted by molar-refractivity contribution is -0.121. The number of amides is 1. The van der Waals surface area contributed by atoms with Gasteiger partial charge < -0.3 is 14.8 Å². The van der Waals surface area contributed by atoms with E-state index in [1.165, 1.54) is 43.5 Å². The highest BCUT2D eigenvalue weighted by Gasteiger charge is 2.05. The van der Waals surface area contributed by atoms with Crippen LogP contribution in [0.15, 0.2) is 42.5 Å². The SMILES string of the molecule is COc1ccc(CNC(=O)CCCOc2ccc(F)cc2)cc1F. The van der Waals surface area contributed by atoms with E-state index in [9.17, 15) is 13.6 Å². The van der Waals surface area contributed by atoms with Gasteiger partial charge in [-0.3, -0.25) is 4.79 Å². The molecule has 0 saturated carbocycles. The minimum absolute atomic E-state index is 0.145. The average Bonchev–Trinajstić information content (AvgIpc) is 2.58. The first-order valence-corrected chi connectivity index (χ1v) is 7.56. The van der Waals surface area contributed by atoms with Crippen LogP contribution in [-0.4, -0.2) is 19.6 Å². The molecule has 24 heavy (non-hydrogen) atoms. The molecule has 2 aromatic carbocycles. The summed E-state index contributed by atoms with van der Waals surface area (Å²) in [6, 6.07) is 10.2. The van der Waals surface area contributed by atoms with Crippen LogP contribution in [0.3, 0.4) is 0 Å². The van der Waals surface area contributed by atoms with Gasteiger partial charge >= 0.3 is 0 Å². The van der Waals surface area contributed by atoms with Crippen LogP contribution in [0.1, 0.15) is 18.4 Å². The van der Waals surface area contributed by atoms with Crippen molar-refractivity contribution in [1.82, 2.24) is 5.32 Å². The van der Waals surface area contributed by atoms with Gasteiger partial charge in [-0.2, -0.15) is 0 Å². The Hall–Kier alpha value is -2.63. The standard InChI is InChI=1S/C18H19F2NO3/c1-23-17-9-4-13(11-16(17)20)12-21-18(22)3-2-10-24-15-7-5-14(19)6-8-15/h4-9,11H,2-3,10,12H2,1H3,(H,21,22). The molecule has 128 valence electrons. The third-order valence-electron chi connectivity index (χ3n) is 3.34. The second kappa shape index (κ2) is 8.86. The predicted octanol–water partition coefficient (Wildman–Crippen LogP) is 3.45. The van der Waals surface area contributed by atoms with Gasteiger partial charge in [0.1, 0.15) is 11.6 Å². The summed E-state index contributed by atoms with van der Waals surface area (Å²) in [4.78, 5) is 11.7. The number of rotatable bonds is 8. The van der Waals surface area contributed by atoms with Gasteiger partial charge in [0, 0.05) is 13.0 Å². The fourth-order valence-electron chi connectivity index (χ4n) is 2.06. The van der Waals surface area contributed by atoms with Crippen LogP contribution in [0, 0.1) is 11.6 Å². The van der Waals surface area contributed by atoms with Crippen LogP contribution in [-0.2, 0) is 11.3 Å². The summed E-state index contributed by atoms with van der Waals surface area (Å²) in [5.41, 5.74) is 0.657. The van der Waals surface area contributed by atoms with E-state index in [1.54, 1.807) is 6.07 Å². The quantitative estimate of drug-likeness (QED) is 0.752. The minimum atomic E-state index is -0.461. The predicted molar refractivity (Wildman–Crippen MR) is 85.9 cm³/mol. The van der Waals surface area contributed by atoms with E-state index >= 15 is 0 Å². The van der Waals surface area contributed by atoms with E-state index in [1.807, 2.05) is 0 Å². The van der Waals surface area contributed by atoms with Crippen LogP contribution in [0.5, 0.6) is 11.5 Å². The number of hydrogen-bond acceptors (Lipinski definition) is 3. The first-order chi connectivity index (χ1) is 11.6. The molecule has 1 N–H and O–H groups in total. The zero-order chi connectivity index (χ0) is 17.4. The van der Waals surface area contributed by atoms with Gasteiger partial charge in [-0.1, -0.05) is 6.07 Å². The van der Waals surface area contributed by atoms with E-state index in [-0.39, 0.29) is 24.0 Å². The molecule has 4 nitrogen and oxygen atoms in total. The summed E-state index contributed by atoms with van der Waals surface area (Å²) < 4.78 is 36.5. The number of methoxy groups -OCH3 is 1. The van der Waals surface area contributed by atoms with Crippen molar-refractivity contribution in [3.8, 4) is 11.5 Å². The van der Waals surface area contributed by atoms with Crippen LogP contribution in [0.2, 0.25) is 0 Å². The molecule has 0 aliphatic carbocycles. The van der Waals surface area contributed by atoms with E-state index in [2.05, 4.69) is 5.32 Å². The molecule has 0 radical (unpaired) electrons. The molecule has 0 bridgehead atoms. The third kappa shape index (κ3) is 5.53. The van der Waals surface area contributed by atoms with Gasteiger partial charge in [0.05, 0.1) is 13.7 Å². The van der Waals surface area contributed by atoms with Crippen molar-refractivity contribution in [2.45, 2.75) is 19.4 Å². The summed E-state index contributed by atoms with van der Waals surface area (Å²) in [5, 5.41) is 2.72. The first kappa shape index (κ1) is 17.7. The highest BCUT2D eigenvalue weighted by atomic mass is 19.1. The molecular weight excluding hydrogens is 316 g/mol. The van der Waals surface area contributed by atoms with Gasteiger partial charge in [0.25, 0.3) is 0 Å².